The summed E-state index contributed by atoms with van der Waals surface area (Å²) in [7, 11) is 1.84. The normalized spacial score (nSPS) is 22.2. The lowest BCUT2D eigenvalue weighted by Gasteiger charge is -2.15. The van der Waals surface area contributed by atoms with Gasteiger partial charge in [-0.25, -0.2) is 0 Å². The van der Waals surface area contributed by atoms with Crippen molar-refractivity contribution in [2.24, 2.45) is 0 Å². The Labute approximate surface area is 119 Å². The van der Waals surface area contributed by atoms with E-state index in [1.165, 1.54) is 6.42 Å². The number of thioether (sulfide) groups is 1. The molecule has 1 fully saturated rings. The molecule has 19 heavy (non-hydrogen) atoms. The molecule has 104 valence electrons. The second kappa shape index (κ2) is 6.85. The molecule has 0 bridgehead atoms. The van der Waals surface area contributed by atoms with Crippen molar-refractivity contribution in [3.63, 3.8) is 0 Å². The maximum absolute atomic E-state index is 12.3. The molecule has 2 unspecified atom stereocenters. The number of rotatable bonds is 5. The van der Waals surface area contributed by atoms with Crippen LogP contribution in [0.1, 0.15) is 36.5 Å². The summed E-state index contributed by atoms with van der Waals surface area (Å²) in [5.74, 6) is 1.20. The third-order valence-electron chi connectivity index (χ3n) is 3.56. The number of carbonyl (C=O) groups is 1. The van der Waals surface area contributed by atoms with E-state index < -0.39 is 0 Å². The molecule has 3 nitrogen and oxygen atoms in total. The van der Waals surface area contributed by atoms with Crippen molar-refractivity contribution in [1.82, 2.24) is 5.32 Å². The van der Waals surface area contributed by atoms with E-state index in [0.717, 1.165) is 35.1 Å². The molecular formula is C15H22N2OS. The second-order valence-electron chi connectivity index (χ2n) is 4.86. The Kier molecular flexibility index (Phi) is 5.14. The van der Waals surface area contributed by atoms with Gasteiger partial charge in [-0.15, -0.1) is 0 Å². The van der Waals surface area contributed by atoms with Gasteiger partial charge in [0, 0.05) is 24.0 Å². The van der Waals surface area contributed by atoms with Crippen LogP contribution in [-0.4, -0.2) is 30.0 Å². The molecule has 0 saturated heterocycles. The number of hydrogen-bond donors (Lipinski definition) is 2. The Morgan fingerprint density at radius 3 is 2.89 bits per heavy atom. The average molecular weight is 278 g/mol. The number of para-hydroxylation sites is 1. The highest BCUT2D eigenvalue weighted by Gasteiger charge is 2.26. The number of amides is 1. The van der Waals surface area contributed by atoms with Crippen molar-refractivity contribution in [3.05, 3.63) is 29.8 Å². The molecule has 1 saturated carbocycles. The molecule has 1 aromatic rings. The van der Waals surface area contributed by atoms with E-state index in [-0.39, 0.29) is 5.91 Å². The van der Waals surface area contributed by atoms with Crippen LogP contribution in [-0.2, 0) is 0 Å². The van der Waals surface area contributed by atoms with Gasteiger partial charge in [0.1, 0.15) is 0 Å². The number of anilines is 1. The number of nitrogens with one attached hydrogen (secondary N) is 2. The Balaban J connectivity index is 1.94. The van der Waals surface area contributed by atoms with Crippen LogP contribution < -0.4 is 10.6 Å². The molecule has 1 aromatic carbocycles. The van der Waals surface area contributed by atoms with Crippen LogP contribution >= 0.6 is 11.8 Å². The minimum absolute atomic E-state index is 0.0390. The average Bonchev–Trinajstić information content (AvgIpc) is 2.86. The van der Waals surface area contributed by atoms with Gasteiger partial charge in [0.2, 0.25) is 0 Å². The molecule has 2 N–H and O–H groups in total. The topological polar surface area (TPSA) is 41.1 Å². The van der Waals surface area contributed by atoms with E-state index in [2.05, 4.69) is 17.6 Å². The van der Waals surface area contributed by atoms with Crippen LogP contribution in [0.4, 0.5) is 5.69 Å². The molecule has 0 aromatic heterocycles. The zero-order valence-electron chi connectivity index (χ0n) is 11.6. The van der Waals surface area contributed by atoms with E-state index in [1.807, 2.05) is 43.1 Å². The van der Waals surface area contributed by atoms with E-state index in [1.54, 1.807) is 0 Å². The summed E-state index contributed by atoms with van der Waals surface area (Å²) in [5.41, 5.74) is 1.62. The summed E-state index contributed by atoms with van der Waals surface area (Å²) in [6, 6.07) is 7.97. The lowest BCUT2D eigenvalue weighted by molar-refractivity contribution is 0.0939. The summed E-state index contributed by atoms with van der Waals surface area (Å²) in [4.78, 5) is 12.3. The first-order chi connectivity index (χ1) is 9.24. The lowest BCUT2D eigenvalue weighted by Crippen LogP contribution is -2.33. The fourth-order valence-corrected chi connectivity index (χ4v) is 3.76. The first-order valence-corrected chi connectivity index (χ1v) is 7.98. The third kappa shape index (κ3) is 3.66. The molecule has 0 radical (unpaired) electrons. The standard InChI is InChI=1S/C15H22N2OS/c1-3-19-12-9-8-11(10-12)17-15(18)13-6-4-5-7-14(13)16-2/h4-7,11-12,16H,3,8-10H2,1-2H3,(H,17,18). The van der Waals surface area contributed by atoms with Crippen LogP contribution in [0.5, 0.6) is 0 Å². The zero-order chi connectivity index (χ0) is 13.7. The molecule has 2 atom stereocenters. The first kappa shape index (κ1) is 14.3. The Bertz CT molecular complexity index is 436. The smallest absolute Gasteiger partial charge is 0.253 e. The minimum Gasteiger partial charge on any atom is -0.387 e. The summed E-state index contributed by atoms with van der Waals surface area (Å²) in [6.07, 6.45) is 3.42. The largest absolute Gasteiger partial charge is 0.387 e. The quantitative estimate of drug-likeness (QED) is 0.869. The van der Waals surface area contributed by atoms with Crippen molar-refractivity contribution >= 4 is 23.4 Å². The highest BCUT2D eigenvalue weighted by atomic mass is 32.2. The van der Waals surface area contributed by atoms with Crippen LogP contribution in [0, 0.1) is 0 Å². The van der Waals surface area contributed by atoms with Gasteiger partial charge in [-0.3, -0.25) is 4.79 Å². The lowest BCUT2D eigenvalue weighted by atomic mass is 10.1. The zero-order valence-corrected chi connectivity index (χ0v) is 12.4. The SMILES string of the molecule is CCSC1CCC(NC(=O)c2ccccc2NC)C1. The van der Waals surface area contributed by atoms with E-state index in [0.29, 0.717) is 6.04 Å². The molecule has 2 rings (SSSR count). The van der Waals surface area contributed by atoms with Crippen molar-refractivity contribution in [2.75, 3.05) is 18.1 Å². The summed E-state index contributed by atoms with van der Waals surface area (Å²) in [6.45, 7) is 2.19. The van der Waals surface area contributed by atoms with Gasteiger partial charge in [0.15, 0.2) is 0 Å². The third-order valence-corrected chi connectivity index (χ3v) is 4.80. The number of hydrogen-bond acceptors (Lipinski definition) is 3. The molecule has 1 amide bonds. The molecule has 1 aliphatic rings. The highest BCUT2D eigenvalue weighted by molar-refractivity contribution is 7.99. The van der Waals surface area contributed by atoms with Gasteiger partial charge in [-0.1, -0.05) is 19.1 Å². The Morgan fingerprint density at radius 1 is 1.37 bits per heavy atom. The van der Waals surface area contributed by atoms with Gasteiger partial charge in [0.05, 0.1) is 5.56 Å². The molecule has 0 spiro atoms. The fraction of sp³-hybridized carbons (Fsp3) is 0.533. The van der Waals surface area contributed by atoms with Crippen molar-refractivity contribution < 1.29 is 4.79 Å². The highest BCUT2D eigenvalue weighted by Crippen LogP contribution is 2.30. The van der Waals surface area contributed by atoms with Gasteiger partial charge in [-0.2, -0.15) is 11.8 Å². The van der Waals surface area contributed by atoms with Gasteiger partial charge >= 0.3 is 0 Å². The minimum atomic E-state index is 0.0390. The monoisotopic (exact) mass is 278 g/mol. The van der Waals surface area contributed by atoms with Gasteiger partial charge in [-0.05, 0) is 37.1 Å². The van der Waals surface area contributed by atoms with E-state index >= 15 is 0 Å². The van der Waals surface area contributed by atoms with Crippen molar-refractivity contribution in [2.45, 2.75) is 37.5 Å². The summed E-state index contributed by atoms with van der Waals surface area (Å²) >= 11 is 2.01. The summed E-state index contributed by atoms with van der Waals surface area (Å²) in [5, 5.41) is 6.95. The molecule has 0 aliphatic heterocycles. The fourth-order valence-electron chi connectivity index (χ4n) is 2.62. The van der Waals surface area contributed by atoms with Crippen LogP contribution in [0.25, 0.3) is 0 Å². The van der Waals surface area contributed by atoms with Crippen molar-refractivity contribution in [1.29, 1.82) is 0 Å². The van der Waals surface area contributed by atoms with Crippen LogP contribution in [0.3, 0.4) is 0 Å². The van der Waals surface area contributed by atoms with E-state index in [9.17, 15) is 4.79 Å². The van der Waals surface area contributed by atoms with Crippen LogP contribution in [0.15, 0.2) is 24.3 Å². The predicted octanol–water partition coefficient (Wildman–Crippen LogP) is 3.13. The predicted molar refractivity (Wildman–Crippen MR) is 83.0 cm³/mol. The molecular weight excluding hydrogens is 256 g/mol. The Morgan fingerprint density at radius 2 is 2.16 bits per heavy atom. The van der Waals surface area contributed by atoms with Crippen molar-refractivity contribution in [3.8, 4) is 0 Å². The molecule has 4 heteroatoms. The maximum atomic E-state index is 12.3. The second-order valence-corrected chi connectivity index (χ2v) is 6.43. The number of benzene rings is 1. The molecule has 0 heterocycles. The first-order valence-electron chi connectivity index (χ1n) is 6.93. The number of carbonyl (C=O) groups excluding carboxylic acids is 1. The van der Waals surface area contributed by atoms with Crippen LogP contribution in [0.2, 0.25) is 0 Å². The van der Waals surface area contributed by atoms with Gasteiger partial charge in [0.25, 0.3) is 5.91 Å². The summed E-state index contributed by atoms with van der Waals surface area (Å²) < 4.78 is 0. The molecule has 1 aliphatic carbocycles. The Hall–Kier alpha value is -1.16. The van der Waals surface area contributed by atoms with E-state index in [4.69, 9.17) is 0 Å². The maximum Gasteiger partial charge on any atom is 0.253 e. The van der Waals surface area contributed by atoms with Gasteiger partial charge < -0.3 is 10.6 Å².